The number of rotatable bonds is 10. The van der Waals surface area contributed by atoms with E-state index in [-0.39, 0.29) is 24.2 Å². The highest BCUT2D eigenvalue weighted by molar-refractivity contribution is 8.00. The van der Waals surface area contributed by atoms with Crippen molar-refractivity contribution in [2.75, 3.05) is 37.9 Å². The molecule has 0 aliphatic rings. The molecule has 2 amide bonds. The molecule has 0 saturated heterocycles. The summed E-state index contributed by atoms with van der Waals surface area (Å²) in [6, 6.07) is 13.9. The Kier molecular flexibility index (Phi) is 9.21. The predicted molar refractivity (Wildman–Crippen MR) is 117 cm³/mol. The van der Waals surface area contributed by atoms with E-state index in [9.17, 15) is 14.4 Å². The fourth-order valence-corrected chi connectivity index (χ4v) is 3.52. The van der Waals surface area contributed by atoms with Gasteiger partial charge < -0.3 is 19.7 Å². The van der Waals surface area contributed by atoms with Crippen LogP contribution in [0, 0.1) is 0 Å². The largest absolute Gasteiger partial charge is 0.497 e. The standard InChI is InChI=1S/C22H26N2O5S/c1-4-24(5-2)21(26)14-29-22(27)18-11-6-7-12-19(18)30-15-20(25)23-16-9-8-10-17(13-16)28-3/h6-13H,4-5,14-15H2,1-3H3,(H,23,25). The number of likely N-dealkylation sites (N-methyl/N-ethyl adjacent to an activating group) is 1. The second-order valence-corrected chi connectivity index (χ2v) is 7.22. The third-order valence-electron chi connectivity index (χ3n) is 4.26. The summed E-state index contributed by atoms with van der Waals surface area (Å²) in [7, 11) is 1.56. The maximum atomic E-state index is 12.5. The van der Waals surface area contributed by atoms with Crippen LogP contribution in [0.2, 0.25) is 0 Å². The van der Waals surface area contributed by atoms with E-state index in [1.54, 1.807) is 60.5 Å². The summed E-state index contributed by atoms with van der Waals surface area (Å²) in [4.78, 5) is 39.0. The maximum absolute atomic E-state index is 12.5. The van der Waals surface area contributed by atoms with E-state index in [2.05, 4.69) is 5.32 Å². The first-order valence-electron chi connectivity index (χ1n) is 9.59. The molecule has 0 fully saturated rings. The van der Waals surface area contributed by atoms with E-state index in [0.717, 1.165) is 0 Å². The van der Waals surface area contributed by atoms with Gasteiger partial charge in [0.15, 0.2) is 6.61 Å². The zero-order valence-electron chi connectivity index (χ0n) is 17.3. The number of methoxy groups -OCH3 is 1. The highest BCUT2D eigenvalue weighted by Gasteiger charge is 2.17. The molecule has 2 aromatic carbocycles. The molecule has 2 rings (SSSR count). The van der Waals surface area contributed by atoms with E-state index in [1.807, 2.05) is 13.8 Å². The monoisotopic (exact) mass is 430 g/mol. The lowest BCUT2D eigenvalue weighted by atomic mass is 10.2. The van der Waals surface area contributed by atoms with Crippen LogP contribution in [0.5, 0.6) is 5.75 Å². The van der Waals surface area contributed by atoms with Crippen LogP contribution in [0.15, 0.2) is 53.4 Å². The second-order valence-electron chi connectivity index (χ2n) is 6.21. The number of carbonyl (C=O) groups excluding carboxylic acids is 3. The van der Waals surface area contributed by atoms with Gasteiger partial charge in [0.1, 0.15) is 5.75 Å². The van der Waals surface area contributed by atoms with Crippen molar-refractivity contribution in [3.05, 3.63) is 54.1 Å². The van der Waals surface area contributed by atoms with Crippen LogP contribution in [0.3, 0.4) is 0 Å². The Morgan fingerprint density at radius 2 is 1.77 bits per heavy atom. The Morgan fingerprint density at radius 1 is 1.03 bits per heavy atom. The minimum atomic E-state index is -0.591. The Morgan fingerprint density at radius 3 is 2.47 bits per heavy atom. The number of carbonyl (C=O) groups is 3. The van der Waals surface area contributed by atoms with Gasteiger partial charge in [-0.05, 0) is 38.1 Å². The van der Waals surface area contributed by atoms with E-state index in [0.29, 0.717) is 35.0 Å². The second kappa shape index (κ2) is 11.9. The lowest BCUT2D eigenvalue weighted by molar-refractivity contribution is -0.134. The summed E-state index contributed by atoms with van der Waals surface area (Å²) in [6.45, 7) is 4.54. The number of ether oxygens (including phenoxy) is 2. The van der Waals surface area contributed by atoms with Crippen LogP contribution < -0.4 is 10.1 Å². The van der Waals surface area contributed by atoms with Crippen molar-refractivity contribution in [2.45, 2.75) is 18.7 Å². The lowest BCUT2D eigenvalue weighted by Gasteiger charge is -2.18. The highest BCUT2D eigenvalue weighted by atomic mass is 32.2. The lowest BCUT2D eigenvalue weighted by Crippen LogP contribution is -2.34. The van der Waals surface area contributed by atoms with Crippen LogP contribution in [-0.2, 0) is 14.3 Å². The summed E-state index contributed by atoms with van der Waals surface area (Å²) in [6.07, 6.45) is 0. The molecule has 0 aliphatic heterocycles. The first-order chi connectivity index (χ1) is 14.5. The minimum absolute atomic E-state index is 0.111. The summed E-state index contributed by atoms with van der Waals surface area (Å²) in [5.74, 6) is -0.288. The van der Waals surface area contributed by atoms with Crippen molar-refractivity contribution < 1.29 is 23.9 Å². The molecular weight excluding hydrogens is 404 g/mol. The van der Waals surface area contributed by atoms with E-state index in [4.69, 9.17) is 9.47 Å². The Hall–Kier alpha value is -3.00. The molecule has 0 saturated carbocycles. The molecule has 1 N–H and O–H groups in total. The van der Waals surface area contributed by atoms with E-state index in [1.165, 1.54) is 11.8 Å². The Balaban J connectivity index is 1.95. The fourth-order valence-electron chi connectivity index (χ4n) is 2.67. The number of nitrogens with zero attached hydrogens (tertiary/aromatic N) is 1. The Bertz CT molecular complexity index is 883. The van der Waals surface area contributed by atoms with Gasteiger partial charge in [-0.3, -0.25) is 9.59 Å². The molecule has 0 aliphatic carbocycles. The number of esters is 1. The van der Waals surface area contributed by atoms with Gasteiger partial charge in [-0.15, -0.1) is 11.8 Å². The SMILES string of the molecule is CCN(CC)C(=O)COC(=O)c1ccccc1SCC(=O)Nc1cccc(OC)c1. The zero-order valence-corrected chi connectivity index (χ0v) is 18.2. The third kappa shape index (κ3) is 6.81. The van der Waals surface area contributed by atoms with Crippen molar-refractivity contribution >= 4 is 35.2 Å². The molecule has 0 unspecified atom stereocenters. The number of nitrogens with one attached hydrogen (secondary N) is 1. The summed E-state index contributed by atoms with van der Waals surface area (Å²) < 4.78 is 10.3. The van der Waals surface area contributed by atoms with Gasteiger partial charge >= 0.3 is 5.97 Å². The van der Waals surface area contributed by atoms with Gasteiger partial charge in [0.25, 0.3) is 5.91 Å². The molecule has 0 atom stereocenters. The number of benzene rings is 2. The fraction of sp³-hybridized carbons (Fsp3) is 0.318. The van der Waals surface area contributed by atoms with Crippen molar-refractivity contribution in [3.8, 4) is 5.75 Å². The first-order valence-corrected chi connectivity index (χ1v) is 10.6. The van der Waals surface area contributed by atoms with Gasteiger partial charge in [0.05, 0.1) is 18.4 Å². The first kappa shape index (κ1) is 23.3. The molecular formula is C22H26N2O5S. The molecule has 30 heavy (non-hydrogen) atoms. The molecule has 160 valence electrons. The van der Waals surface area contributed by atoms with Gasteiger partial charge in [-0.1, -0.05) is 18.2 Å². The molecule has 8 heteroatoms. The number of thioether (sulfide) groups is 1. The van der Waals surface area contributed by atoms with Crippen molar-refractivity contribution in [1.82, 2.24) is 4.90 Å². The minimum Gasteiger partial charge on any atom is -0.497 e. The third-order valence-corrected chi connectivity index (χ3v) is 5.34. The quantitative estimate of drug-likeness (QED) is 0.459. The molecule has 0 bridgehead atoms. The highest BCUT2D eigenvalue weighted by Crippen LogP contribution is 2.24. The molecule has 7 nitrogen and oxygen atoms in total. The molecule has 2 aromatic rings. The summed E-state index contributed by atoms with van der Waals surface area (Å²) in [5, 5.41) is 2.79. The number of amides is 2. The molecule has 0 aromatic heterocycles. The number of hydrogen-bond acceptors (Lipinski definition) is 6. The van der Waals surface area contributed by atoms with Gasteiger partial charge in [0, 0.05) is 29.7 Å². The van der Waals surface area contributed by atoms with Crippen molar-refractivity contribution in [3.63, 3.8) is 0 Å². The van der Waals surface area contributed by atoms with Crippen LogP contribution in [0.4, 0.5) is 5.69 Å². The van der Waals surface area contributed by atoms with Crippen molar-refractivity contribution in [1.29, 1.82) is 0 Å². The molecule has 0 radical (unpaired) electrons. The summed E-state index contributed by atoms with van der Waals surface area (Å²) >= 11 is 1.22. The maximum Gasteiger partial charge on any atom is 0.339 e. The normalized spacial score (nSPS) is 10.2. The van der Waals surface area contributed by atoms with E-state index < -0.39 is 5.97 Å². The number of hydrogen-bond donors (Lipinski definition) is 1. The van der Waals surface area contributed by atoms with Gasteiger partial charge in [0.2, 0.25) is 5.91 Å². The summed E-state index contributed by atoms with van der Waals surface area (Å²) in [5.41, 5.74) is 0.951. The van der Waals surface area contributed by atoms with Gasteiger partial charge in [-0.2, -0.15) is 0 Å². The zero-order chi connectivity index (χ0) is 21.9. The number of anilines is 1. The molecule has 0 spiro atoms. The smallest absolute Gasteiger partial charge is 0.339 e. The van der Waals surface area contributed by atoms with Crippen molar-refractivity contribution in [2.24, 2.45) is 0 Å². The topological polar surface area (TPSA) is 84.9 Å². The van der Waals surface area contributed by atoms with Gasteiger partial charge in [-0.25, -0.2) is 4.79 Å². The Labute approximate surface area is 180 Å². The van der Waals surface area contributed by atoms with Crippen LogP contribution in [0.1, 0.15) is 24.2 Å². The molecule has 0 heterocycles. The van der Waals surface area contributed by atoms with Crippen LogP contribution in [-0.4, -0.2) is 55.2 Å². The van der Waals surface area contributed by atoms with Crippen LogP contribution in [0.25, 0.3) is 0 Å². The van der Waals surface area contributed by atoms with Crippen LogP contribution >= 0.6 is 11.8 Å². The average molecular weight is 431 g/mol. The average Bonchev–Trinajstić information content (AvgIpc) is 2.77. The predicted octanol–water partition coefficient (Wildman–Crippen LogP) is 3.45. The van der Waals surface area contributed by atoms with E-state index >= 15 is 0 Å².